The van der Waals surface area contributed by atoms with Crippen molar-refractivity contribution in [3.05, 3.63) is 0 Å². The lowest BCUT2D eigenvalue weighted by Crippen LogP contribution is -2.49. The lowest BCUT2D eigenvalue weighted by molar-refractivity contribution is 0.140. The molecule has 0 radical (unpaired) electrons. The van der Waals surface area contributed by atoms with Gasteiger partial charge in [-0.2, -0.15) is 0 Å². The van der Waals surface area contributed by atoms with E-state index in [1.54, 1.807) is 0 Å². The fourth-order valence-electron chi connectivity index (χ4n) is 1.95. The highest BCUT2D eigenvalue weighted by Gasteiger charge is 2.25. The van der Waals surface area contributed by atoms with Gasteiger partial charge in [-0.15, -0.1) is 0 Å². The molecule has 2 heterocycles. The molecule has 12 heavy (non-hydrogen) atoms. The van der Waals surface area contributed by atoms with Gasteiger partial charge in [0.25, 0.3) is 0 Å². The quantitative estimate of drug-likeness (QED) is 0.503. The molecule has 2 aliphatic heterocycles. The zero-order valence-electron chi connectivity index (χ0n) is 7.64. The van der Waals surface area contributed by atoms with Crippen LogP contribution in [0, 0.1) is 5.92 Å². The largest absolute Gasteiger partial charge is 0.302 e. The van der Waals surface area contributed by atoms with Gasteiger partial charge in [-0.05, 0) is 25.3 Å². The van der Waals surface area contributed by atoms with Crippen molar-refractivity contribution in [2.45, 2.75) is 25.9 Å². The van der Waals surface area contributed by atoms with Gasteiger partial charge in [-0.25, -0.2) is 10.9 Å². The van der Waals surface area contributed by atoms with Crippen LogP contribution in [-0.2, 0) is 0 Å². The Balaban J connectivity index is 1.85. The molecule has 0 aromatic rings. The van der Waals surface area contributed by atoms with E-state index in [4.69, 9.17) is 0 Å². The van der Waals surface area contributed by atoms with E-state index >= 15 is 0 Å². The average Bonchev–Trinajstić information content (AvgIpc) is 2.56. The minimum absolute atomic E-state index is 0.580. The van der Waals surface area contributed by atoms with Crippen molar-refractivity contribution in [1.82, 2.24) is 21.1 Å². The van der Waals surface area contributed by atoms with Crippen molar-refractivity contribution in [3.63, 3.8) is 0 Å². The first-order valence-electron chi connectivity index (χ1n) is 4.79. The summed E-state index contributed by atoms with van der Waals surface area (Å²) >= 11 is 0. The normalized spacial score (nSPS) is 38.8. The van der Waals surface area contributed by atoms with Crippen LogP contribution in [0.5, 0.6) is 0 Å². The Kier molecular flexibility index (Phi) is 2.60. The average molecular weight is 170 g/mol. The number of hydrogen-bond acceptors (Lipinski definition) is 4. The predicted octanol–water partition coefficient (Wildman–Crippen LogP) is -0.343. The molecular formula is C8H18N4. The van der Waals surface area contributed by atoms with Crippen molar-refractivity contribution >= 4 is 0 Å². The Morgan fingerprint density at radius 3 is 2.67 bits per heavy atom. The van der Waals surface area contributed by atoms with Gasteiger partial charge in [-0.1, -0.05) is 6.92 Å². The summed E-state index contributed by atoms with van der Waals surface area (Å²) in [6.45, 7) is 5.43. The minimum atomic E-state index is 0.580. The van der Waals surface area contributed by atoms with Gasteiger partial charge in [0.1, 0.15) is 0 Å². The molecule has 2 aliphatic rings. The number of nitrogens with zero attached hydrogens (tertiary/aromatic N) is 1. The highest BCUT2D eigenvalue weighted by Crippen LogP contribution is 2.17. The fraction of sp³-hybridized carbons (Fsp3) is 1.00. The SMILES string of the molecule is CC1CCNC(N2CNNC2)C1. The maximum atomic E-state index is 3.54. The topological polar surface area (TPSA) is 39.3 Å². The van der Waals surface area contributed by atoms with Gasteiger partial charge in [0.2, 0.25) is 0 Å². The highest BCUT2D eigenvalue weighted by atomic mass is 15.6. The third kappa shape index (κ3) is 1.77. The second kappa shape index (κ2) is 3.70. The molecule has 2 atom stereocenters. The fourth-order valence-corrected chi connectivity index (χ4v) is 1.95. The van der Waals surface area contributed by atoms with Crippen LogP contribution >= 0.6 is 0 Å². The minimum Gasteiger partial charge on any atom is -0.302 e. The van der Waals surface area contributed by atoms with Gasteiger partial charge >= 0.3 is 0 Å². The summed E-state index contributed by atoms with van der Waals surface area (Å²) in [5.41, 5.74) is 6.24. The van der Waals surface area contributed by atoms with Crippen LogP contribution in [0.1, 0.15) is 19.8 Å². The number of rotatable bonds is 1. The van der Waals surface area contributed by atoms with E-state index in [0.29, 0.717) is 6.17 Å². The molecule has 0 spiro atoms. The monoisotopic (exact) mass is 170 g/mol. The summed E-state index contributed by atoms with van der Waals surface area (Å²) in [6, 6.07) is 0. The molecule has 0 aromatic heterocycles. The smallest absolute Gasteiger partial charge is 0.0641 e. The number of hydrazine groups is 1. The van der Waals surface area contributed by atoms with Crippen molar-refractivity contribution < 1.29 is 0 Å². The lowest BCUT2D eigenvalue weighted by Gasteiger charge is -2.33. The van der Waals surface area contributed by atoms with Crippen molar-refractivity contribution in [3.8, 4) is 0 Å². The molecule has 0 amide bonds. The molecule has 4 nitrogen and oxygen atoms in total. The molecule has 70 valence electrons. The Hall–Kier alpha value is -0.160. The number of hydrogen-bond donors (Lipinski definition) is 3. The van der Waals surface area contributed by atoms with E-state index in [1.165, 1.54) is 19.4 Å². The van der Waals surface area contributed by atoms with Crippen molar-refractivity contribution in [2.75, 3.05) is 19.9 Å². The van der Waals surface area contributed by atoms with Crippen molar-refractivity contribution in [1.29, 1.82) is 0 Å². The summed E-state index contributed by atoms with van der Waals surface area (Å²) in [5, 5.41) is 3.54. The first-order chi connectivity index (χ1) is 5.86. The van der Waals surface area contributed by atoms with E-state index < -0.39 is 0 Å². The van der Waals surface area contributed by atoms with Gasteiger partial charge in [0.15, 0.2) is 0 Å². The van der Waals surface area contributed by atoms with Gasteiger partial charge in [0.05, 0.1) is 19.5 Å². The van der Waals surface area contributed by atoms with Crippen molar-refractivity contribution in [2.24, 2.45) is 5.92 Å². The molecule has 0 aromatic carbocycles. The summed E-state index contributed by atoms with van der Waals surface area (Å²) < 4.78 is 0. The Bertz CT molecular complexity index is 144. The third-order valence-corrected chi connectivity index (χ3v) is 2.77. The molecule has 0 aliphatic carbocycles. The highest BCUT2D eigenvalue weighted by molar-refractivity contribution is 4.77. The van der Waals surface area contributed by atoms with Crippen LogP contribution in [0.25, 0.3) is 0 Å². The second-order valence-corrected chi connectivity index (χ2v) is 3.86. The molecule has 3 N–H and O–H groups in total. The second-order valence-electron chi connectivity index (χ2n) is 3.86. The van der Waals surface area contributed by atoms with E-state index in [-0.39, 0.29) is 0 Å². The van der Waals surface area contributed by atoms with Crippen LogP contribution in [-0.4, -0.2) is 30.9 Å². The van der Waals surface area contributed by atoms with E-state index in [9.17, 15) is 0 Å². The maximum absolute atomic E-state index is 3.54. The molecule has 2 rings (SSSR count). The number of nitrogens with one attached hydrogen (secondary N) is 3. The Labute approximate surface area is 73.7 Å². The summed E-state index contributed by atoms with van der Waals surface area (Å²) in [4.78, 5) is 2.40. The first kappa shape index (κ1) is 8.44. The van der Waals surface area contributed by atoms with E-state index in [2.05, 4.69) is 28.0 Å². The summed E-state index contributed by atoms with van der Waals surface area (Å²) in [5.74, 6) is 0.872. The first-order valence-corrected chi connectivity index (χ1v) is 4.79. The Morgan fingerprint density at radius 1 is 1.25 bits per heavy atom. The molecule has 4 heteroatoms. The maximum Gasteiger partial charge on any atom is 0.0641 e. The summed E-state index contributed by atoms with van der Waals surface area (Å²) in [6.07, 6.45) is 3.19. The van der Waals surface area contributed by atoms with Crippen LogP contribution in [0.2, 0.25) is 0 Å². The van der Waals surface area contributed by atoms with Gasteiger partial charge in [-0.3, -0.25) is 4.90 Å². The molecule has 2 fully saturated rings. The Morgan fingerprint density at radius 2 is 2.00 bits per heavy atom. The summed E-state index contributed by atoms with van der Waals surface area (Å²) in [7, 11) is 0. The van der Waals surface area contributed by atoms with Crippen LogP contribution in [0.15, 0.2) is 0 Å². The van der Waals surface area contributed by atoms with E-state index in [1.807, 2.05) is 0 Å². The van der Waals surface area contributed by atoms with Gasteiger partial charge < -0.3 is 5.32 Å². The molecule has 0 saturated carbocycles. The zero-order chi connectivity index (χ0) is 8.39. The van der Waals surface area contributed by atoms with Crippen LogP contribution in [0.3, 0.4) is 0 Å². The van der Waals surface area contributed by atoms with Gasteiger partial charge in [0, 0.05) is 0 Å². The van der Waals surface area contributed by atoms with Crippen LogP contribution in [0.4, 0.5) is 0 Å². The zero-order valence-corrected chi connectivity index (χ0v) is 7.64. The standard InChI is InChI=1S/C8H18N4/c1-7-2-3-9-8(4-7)12-5-10-11-6-12/h7-11H,2-6H2,1H3. The molecule has 2 unspecified atom stereocenters. The number of piperidine rings is 1. The lowest BCUT2D eigenvalue weighted by atomic mass is 9.98. The third-order valence-electron chi connectivity index (χ3n) is 2.77. The predicted molar refractivity (Wildman–Crippen MR) is 48.0 cm³/mol. The molecular weight excluding hydrogens is 152 g/mol. The molecule has 2 saturated heterocycles. The van der Waals surface area contributed by atoms with E-state index in [0.717, 1.165) is 19.3 Å². The molecule has 0 bridgehead atoms. The van der Waals surface area contributed by atoms with Crippen LogP contribution < -0.4 is 16.2 Å².